The fourth-order valence-electron chi connectivity index (χ4n) is 3.74. The Hall–Kier alpha value is -4.04. The number of carbonyl (C=O) groups is 2. The average Bonchev–Trinajstić information content (AvgIpc) is 3.14. The predicted molar refractivity (Wildman–Crippen MR) is 135 cm³/mol. The Morgan fingerprint density at radius 2 is 1.49 bits per heavy atom. The van der Waals surface area contributed by atoms with E-state index in [1.807, 2.05) is 0 Å². The predicted octanol–water partition coefficient (Wildman–Crippen LogP) is 5.73. The van der Waals surface area contributed by atoms with Gasteiger partial charge in [-0.1, -0.05) is 28.1 Å². The van der Waals surface area contributed by atoms with E-state index < -0.39 is 23.4 Å². The highest BCUT2D eigenvalue weighted by Crippen LogP contribution is 2.44. The van der Waals surface area contributed by atoms with Crippen molar-refractivity contribution in [3.63, 3.8) is 0 Å². The first-order valence-corrected chi connectivity index (χ1v) is 11.5. The number of rotatable bonds is 7. The van der Waals surface area contributed by atoms with Crippen LogP contribution in [0.3, 0.4) is 0 Å². The second kappa shape index (κ2) is 10.1. The summed E-state index contributed by atoms with van der Waals surface area (Å²) in [5.41, 5.74) is 1.94. The molecule has 0 bridgehead atoms. The minimum atomic E-state index is -0.543. The molecule has 7 nitrogen and oxygen atoms in total. The molecule has 0 aliphatic rings. The van der Waals surface area contributed by atoms with Crippen molar-refractivity contribution in [1.29, 1.82) is 0 Å². The molecule has 3 aromatic carbocycles. The summed E-state index contributed by atoms with van der Waals surface area (Å²) in [6.45, 7) is 1.97. The third kappa shape index (κ3) is 4.65. The Kier molecular flexibility index (Phi) is 6.93. The molecule has 0 spiro atoms. The molecule has 35 heavy (non-hydrogen) atoms. The summed E-state index contributed by atoms with van der Waals surface area (Å²) >= 11 is 3.40. The number of aromatic hydroxyl groups is 2. The van der Waals surface area contributed by atoms with Crippen LogP contribution in [-0.2, 0) is 4.74 Å². The Labute approximate surface area is 210 Å². The number of halogens is 1. The van der Waals surface area contributed by atoms with Crippen molar-refractivity contribution in [3.05, 3.63) is 94.0 Å². The van der Waals surface area contributed by atoms with Crippen LogP contribution in [0.2, 0.25) is 0 Å². The molecular weight excluding hydrogens is 514 g/mol. The summed E-state index contributed by atoms with van der Waals surface area (Å²) in [6, 6.07) is 19.9. The molecule has 0 amide bonds. The summed E-state index contributed by atoms with van der Waals surface area (Å²) in [5.74, 6) is -1.40. The van der Waals surface area contributed by atoms with Crippen LogP contribution in [-0.4, -0.2) is 40.2 Å². The molecule has 0 aliphatic heterocycles. The number of esters is 1. The van der Waals surface area contributed by atoms with Crippen LogP contribution in [0.4, 0.5) is 0 Å². The normalized spacial score (nSPS) is 10.7. The number of methoxy groups -OCH3 is 1. The van der Waals surface area contributed by atoms with E-state index in [2.05, 4.69) is 15.9 Å². The first-order chi connectivity index (χ1) is 16.8. The molecule has 1 aromatic heterocycles. The maximum atomic E-state index is 13.5. The van der Waals surface area contributed by atoms with Crippen LogP contribution in [0.5, 0.6) is 17.4 Å². The summed E-state index contributed by atoms with van der Waals surface area (Å²) in [6.07, 6.45) is 0. The van der Waals surface area contributed by atoms with Crippen LogP contribution in [0, 0.1) is 0 Å². The van der Waals surface area contributed by atoms with E-state index in [1.165, 1.54) is 11.7 Å². The molecule has 0 radical (unpaired) electrons. The second-order valence-electron chi connectivity index (χ2n) is 7.56. The van der Waals surface area contributed by atoms with Crippen LogP contribution >= 0.6 is 15.9 Å². The minimum Gasteiger partial charge on any atom is -0.503 e. The van der Waals surface area contributed by atoms with E-state index in [0.29, 0.717) is 33.8 Å². The van der Waals surface area contributed by atoms with Gasteiger partial charge in [-0.2, -0.15) is 0 Å². The number of ether oxygens (including phenoxy) is 2. The number of aromatic nitrogens is 1. The highest BCUT2D eigenvalue weighted by atomic mass is 79.9. The van der Waals surface area contributed by atoms with Crippen LogP contribution in [0.1, 0.15) is 33.2 Å². The van der Waals surface area contributed by atoms with Gasteiger partial charge < -0.3 is 19.7 Å². The summed E-state index contributed by atoms with van der Waals surface area (Å²) in [5, 5.41) is 21.9. The lowest BCUT2D eigenvalue weighted by molar-refractivity contribution is 0.0526. The maximum Gasteiger partial charge on any atom is 0.338 e. The highest BCUT2D eigenvalue weighted by Gasteiger charge is 2.30. The monoisotopic (exact) mass is 535 g/mol. The zero-order valence-corrected chi connectivity index (χ0v) is 20.6. The molecule has 0 fully saturated rings. The molecule has 4 aromatic rings. The van der Waals surface area contributed by atoms with Crippen LogP contribution in [0.25, 0.3) is 16.9 Å². The van der Waals surface area contributed by atoms with E-state index in [1.54, 1.807) is 79.7 Å². The van der Waals surface area contributed by atoms with Gasteiger partial charge in [0, 0.05) is 15.7 Å². The second-order valence-corrected chi connectivity index (χ2v) is 8.48. The fourth-order valence-corrected chi connectivity index (χ4v) is 4.01. The Morgan fingerprint density at radius 1 is 0.886 bits per heavy atom. The van der Waals surface area contributed by atoms with Gasteiger partial charge in [0.05, 0.1) is 30.5 Å². The molecule has 0 saturated carbocycles. The lowest BCUT2D eigenvalue weighted by atomic mass is 9.99. The number of nitrogens with zero attached hydrogens (tertiary/aromatic N) is 1. The Balaban J connectivity index is 1.91. The zero-order valence-electron chi connectivity index (χ0n) is 19.0. The van der Waals surface area contributed by atoms with Gasteiger partial charge >= 0.3 is 5.97 Å². The van der Waals surface area contributed by atoms with Gasteiger partial charge in [0.1, 0.15) is 5.75 Å². The molecule has 0 saturated heterocycles. The fraction of sp³-hybridized carbons (Fsp3) is 0.111. The quantitative estimate of drug-likeness (QED) is 0.231. The molecule has 4 rings (SSSR count). The third-order valence-corrected chi connectivity index (χ3v) is 5.98. The third-order valence-electron chi connectivity index (χ3n) is 5.45. The first kappa shape index (κ1) is 24.1. The van der Waals surface area contributed by atoms with Crippen molar-refractivity contribution in [2.75, 3.05) is 13.7 Å². The number of benzene rings is 3. The summed E-state index contributed by atoms with van der Waals surface area (Å²) in [7, 11) is 1.53. The number of ketones is 1. The molecule has 8 heteroatoms. The van der Waals surface area contributed by atoms with Crippen LogP contribution in [0.15, 0.2) is 77.3 Å². The van der Waals surface area contributed by atoms with Crippen molar-refractivity contribution in [1.82, 2.24) is 4.57 Å². The van der Waals surface area contributed by atoms with Gasteiger partial charge in [0.25, 0.3) is 0 Å². The molecule has 0 atom stereocenters. The summed E-state index contributed by atoms with van der Waals surface area (Å²) in [4.78, 5) is 25.6. The topological polar surface area (TPSA) is 98.0 Å². The van der Waals surface area contributed by atoms with Gasteiger partial charge in [-0.15, -0.1) is 0 Å². The molecular formula is C27H22BrNO6. The SMILES string of the molecule is CCOC(=O)c1ccc(-n2c(O)c(O)c(C(=O)c3ccc(OC)cc3)c2-c2ccc(Br)cc2)cc1. The van der Waals surface area contributed by atoms with Gasteiger partial charge in [-0.25, -0.2) is 4.79 Å². The molecule has 178 valence electrons. The van der Waals surface area contributed by atoms with E-state index in [0.717, 1.165) is 4.47 Å². The molecule has 2 N–H and O–H groups in total. The largest absolute Gasteiger partial charge is 0.503 e. The zero-order chi connectivity index (χ0) is 25.1. The smallest absolute Gasteiger partial charge is 0.338 e. The van der Waals surface area contributed by atoms with E-state index >= 15 is 0 Å². The number of hydrogen-bond donors (Lipinski definition) is 2. The van der Waals surface area contributed by atoms with Crippen molar-refractivity contribution in [2.24, 2.45) is 0 Å². The average molecular weight is 536 g/mol. The van der Waals surface area contributed by atoms with Crippen molar-refractivity contribution < 1.29 is 29.3 Å². The van der Waals surface area contributed by atoms with Gasteiger partial charge in [0.15, 0.2) is 11.5 Å². The van der Waals surface area contributed by atoms with Gasteiger partial charge in [-0.05, 0) is 73.2 Å². The molecule has 0 unspecified atom stereocenters. The van der Waals surface area contributed by atoms with Crippen LogP contribution < -0.4 is 4.74 Å². The molecule has 0 aliphatic carbocycles. The summed E-state index contributed by atoms with van der Waals surface area (Å²) < 4.78 is 12.4. The maximum absolute atomic E-state index is 13.5. The van der Waals surface area contributed by atoms with E-state index in [4.69, 9.17) is 9.47 Å². The van der Waals surface area contributed by atoms with Crippen molar-refractivity contribution in [2.45, 2.75) is 6.92 Å². The minimum absolute atomic E-state index is 0.0514. The first-order valence-electron chi connectivity index (χ1n) is 10.7. The molecule has 1 heterocycles. The van der Waals surface area contributed by atoms with E-state index in [9.17, 15) is 19.8 Å². The van der Waals surface area contributed by atoms with Crippen molar-refractivity contribution >= 4 is 27.7 Å². The van der Waals surface area contributed by atoms with E-state index in [-0.39, 0.29) is 12.2 Å². The standard InChI is InChI=1S/C27H22BrNO6/c1-3-35-27(33)18-6-12-20(13-7-18)29-23(16-4-10-19(28)11-5-16)22(25(31)26(29)32)24(30)17-8-14-21(34-2)15-9-17/h4-15,31-32H,3H2,1-2H3. The number of carbonyl (C=O) groups excluding carboxylic acids is 2. The highest BCUT2D eigenvalue weighted by molar-refractivity contribution is 9.10. The van der Waals surface area contributed by atoms with Gasteiger partial charge in [-0.3, -0.25) is 9.36 Å². The lowest BCUT2D eigenvalue weighted by Gasteiger charge is -2.13. The Morgan fingerprint density at radius 3 is 2.06 bits per heavy atom. The van der Waals surface area contributed by atoms with Crippen molar-refractivity contribution in [3.8, 4) is 34.3 Å². The lowest BCUT2D eigenvalue weighted by Crippen LogP contribution is -2.06. The Bertz CT molecular complexity index is 1370. The van der Waals surface area contributed by atoms with Gasteiger partial charge in [0.2, 0.25) is 5.88 Å². The number of hydrogen-bond acceptors (Lipinski definition) is 6.